The number of allylic oxidation sites excluding steroid dienone is 1. The molecule has 43 heavy (non-hydrogen) atoms. The second-order valence-corrected chi connectivity index (χ2v) is 11.4. The van der Waals surface area contributed by atoms with Crippen molar-refractivity contribution >= 4 is 40.6 Å². The van der Waals surface area contributed by atoms with Crippen LogP contribution < -0.4 is 24.9 Å². The SMILES string of the molecule is CC1=C(C(=O)Nc2ccccc2)[C@@H](c2ccc(Cl)cc2)n2c(s/c(=C\c3ccccc3OCc3ccc(F)cc3)c2=O)=N1. The molecular weight excluding hydrogens is 585 g/mol. The van der Waals surface area contributed by atoms with Gasteiger partial charge in [-0.25, -0.2) is 9.38 Å². The number of para-hydroxylation sites is 2. The molecule has 0 aliphatic carbocycles. The van der Waals surface area contributed by atoms with Crippen molar-refractivity contribution < 1.29 is 13.9 Å². The maximum absolute atomic E-state index is 14.0. The normalized spacial score (nSPS) is 14.7. The van der Waals surface area contributed by atoms with Crippen molar-refractivity contribution in [2.24, 2.45) is 4.99 Å². The number of thiazole rings is 1. The van der Waals surface area contributed by atoms with Crippen LogP contribution in [0.25, 0.3) is 6.08 Å². The molecule has 0 unspecified atom stereocenters. The van der Waals surface area contributed by atoms with E-state index in [4.69, 9.17) is 21.3 Å². The van der Waals surface area contributed by atoms with Gasteiger partial charge in [0.1, 0.15) is 18.2 Å². The average molecular weight is 610 g/mol. The van der Waals surface area contributed by atoms with Crippen LogP contribution in [-0.4, -0.2) is 10.5 Å². The van der Waals surface area contributed by atoms with Crippen LogP contribution in [0.1, 0.15) is 29.7 Å². The molecule has 9 heteroatoms. The number of carbonyl (C=O) groups excluding carboxylic acids is 1. The molecular formula is C34H25ClFN3O3S. The van der Waals surface area contributed by atoms with Crippen molar-refractivity contribution in [3.63, 3.8) is 0 Å². The molecule has 1 amide bonds. The largest absolute Gasteiger partial charge is 0.488 e. The summed E-state index contributed by atoms with van der Waals surface area (Å²) in [6, 6.07) is 29.0. The summed E-state index contributed by atoms with van der Waals surface area (Å²) in [6.45, 7) is 2.01. The number of hydrogen-bond donors (Lipinski definition) is 1. The van der Waals surface area contributed by atoms with E-state index in [1.807, 2.05) is 54.6 Å². The molecule has 0 bridgehead atoms. The fourth-order valence-electron chi connectivity index (χ4n) is 4.91. The van der Waals surface area contributed by atoms with Crippen molar-refractivity contribution in [1.82, 2.24) is 4.57 Å². The first kappa shape index (κ1) is 28.3. The molecule has 1 atom stereocenters. The summed E-state index contributed by atoms with van der Waals surface area (Å²) in [6.07, 6.45) is 1.77. The lowest BCUT2D eigenvalue weighted by Crippen LogP contribution is -2.40. The summed E-state index contributed by atoms with van der Waals surface area (Å²) in [5.41, 5.74) is 3.49. The van der Waals surface area contributed by atoms with E-state index in [0.717, 1.165) is 11.1 Å². The predicted octanol–water partition coefficient (Wildman–Crippen LogP) is 6.25. The third-order valence-electron chi connectivity index (χ3n) is 7.00. The van der Waals surface area contributed by atoms with Crippen molar-refractivity contribution in [1.29, 1.82) is 0 Å². The lowest BCUT2D eigenvalue weighted by atomic mass is 9.95. The highest BCUT2D eigenvalue weighted by Crippen LogP contribution is 2.31. The third kappa shape index (κ3) is 6.07. The minimum Gasteiger partial charge on any atom is -0.488 e. The van der Waals surface area contributed by atoms with E-state index in [1.165, 1.54) is 23.5 Å². The second kappa shape index (κ2) is 12.2. The number of ether oxygens (including phenoxy) is 1. The van der Waals surface area contributed by atoms with Gasteiger partial charge in [0.05, 0.1) is 21.8 Å². The molecule has 0 spiro atoms. The molecule has 0 saturated carbocycles. The summed E-state index contributed by atoms with van der Waals surface area (Å²) < 4.78 is 21.4. The summed E-state index contributed by atoms with van der Waals surface area (Å²) in [5.74, 6) is -0.0837. The molecule has 1 N–H and O–H groups in total. The molecule has 0 saturated heterocycles. The van der Waals surface area contributed by atoms with Crippen molar-refractivity contribution in [2.45, 2.75) is 19.6 Å². The fourth-order valence-corrected chi connectivity index (χ4v) is 6.07. The number of nitrogens with one attached hydrogen (secondary N) is 1. The second-order valence-electron chi connectivity index (χ2n) is 9.91. The molecule has 1 aliphatic rings. The van der Waals surface area contributed by atoms with Gasteiger partial charge in [-0.05, 0) is 66.6 Å². The number of aromatic nitrogens is 1. The van der Waals surface area contributed by atoms with Gasteiger partial charge in [-0.1, -0.05) is 83.6 Å². The van der Waals surface area contributed by atoms with E-state index < -0.39 is 6.04 Å². The first-order valence-electron chi connectivity index (χ1n) is 13.5. The average Bonchev–Trinajstić information content (AvgIpc) is 3.31. The Kier molecular flexibility index (Phi) is 8.05. The van der Waals surface area contributed by atoms with Gasteiger partial charge in [0.25, 0.3) is 11.5 Å². The number of carbonyl (C=O) groups is 1. The molecule has 6 rings (SSSR count). The van der Waals surface area contributed by atoms with Gasteiger partial charge in [-0.15, -0.1) is 0 Å². The standard InChI is InChI=1S/C34H25ClFN3O3S/c1-21-30(32(40)38-27-8-3-2-4-9-27)31(23-13-15-25(35)16-14-23)39-33(41)29(43-34(39)37-21)19-24-7-5-6-10-28(24)42-20-22-11-17-26(36)18-12-22/h2-19,31H,20H2,1H3,(H,38,40)/b29-19-/t31-/m1/s1. The molecule has 6 nitrogen and oxygen atoms in total. The van der Waals surface area contributed by atoms with Crippen LogP contribution in [0.15, 0.2) is 124 Å². The minimum atomic E-state index is -0.718. The number of benzene rings is 4. The van der Waals surface area contributed by atoms with Crippen molar-refractivity contribution in [2.75, 3.05) is 5.32 Å². The Bertz CT molecular complexity index is 2020. The van der Waals surface area contributed by atoms with Gasteiger partial charge >= 0.3 is 0 Å². The summed E-state index contributed by atoms with van der Waals surface area (Å²) in [5, 5.41) is 3.49. The van der Waals surface area contributed by atoms with E-state index >= 15 is 0 Å². The topological polar surface area (TPSA) is 72.7 Å². The van der Waals surface area contributed by atoms with Crippen LogP contribution in [-0.2, 0) is 11.4 Å². The van der Waals surface area contributed by atoms with Crippen LogP contribution in [0, 0.1) is 5.82 Å². The fraction of sp³-hybridized carbons (Fsp3) is 0.0882. The zero-order chi connectivity index (χ0) is 29.9. The number of amides is 1. The molecule has 0 radical (unpaired) electrons. The number of fused-ring (bicyclic) bond motifs is 1. The number of halogens is 2. The quantitative estimate of drug-likeness (QED) is 0.237. The van der Waals surface area contributed by atoms with E-state index in [-0.39, 0.29) is 23.9 Å². The Labute approximate surface area is 255 Å². The van der Waals surface area contributed by atoms with Gasteiger partial charge < -0.3 is 10.1 Å². The maximum atomic E-state index is 14.0. The van der Waals surface area contributed by atoms with Crippen LogP contribution in [0.4, 0.5) is 10.1 Å². The molecule has 214 valence electrons. The number of anilines is 1. The van der Waals surface area contributed by atoms with Crippen molar-refractivity contribution in [3.8, 4) is 5.75 Å². The maximum Gasteiger partial charge on any atom is 0.271 e. The molecule has 1 aromatic heterocycles. The van der Waals surface area contributed by atoms with E-state index in [0.29, 0.717) is 42.6 Å². The first-order valence-corrected chi connectivity index (χ1v) is 14.7. The summed E-state index contributed by atoms with van der Waals surface area (Å²) in [4.78, 5) is 32.9. The predicted molar refractivity (Wildman–Crippen MR) is 167 cm³/mol. The zero-order valence-electron chi connectivity index (χ0n) is 23.0. The highest BCUT2D eigenvalue weighted by molar-refractivity contribution is 7.07. The minimum absolute atomic E-state index is 0.238. The third-order valence-corrected chi connectivity index (χ3v) is 8.23. The Morgan fingerprint density at radius 1 is 1.00 bits per heavy atom. The van der Waals surface area contributed by atoms with E-state index in [9.17, 15) is 14.0 Å². The first-order chi connectivity index (χ1) is 20.9. The molecule has 2 heterocycles. The van der Waals surface area contributed by atoms with Gasteiger partial charge in [0, 0.05) is 16.3 Å². The van der Waals surface area contributed by atoms with Crippen LogP contribution in [0.3, 0.4) is 0 Å². The smallest absolute Gasteiger partial charge is 0.271 e. The zero-order valence-corrected chi connectivity index (χ0v) is 24.5. The summed E-state index contributed by atoms with van der Waals surface area (Å²) in [7, 11) is 0. The van der Waals surface area contributed by atoms with Gasteiger partial charge in [-0.3, -0.25) is 14.2 Å². The van der Waals surface area contributed by atoms with E-state index in [1.54, 1.807) is 54.0 Å². The molecule has 5 aromatic rings. The van der Waals surface area contributed by atoms with Gasteiger partial charge in [-0.2, -0.15) is 0 Å². The number of hydrogen-bond acceptors (Lipinski definition) is 5. The monoisotopic (exact) mass is 609 g/mol. The van der Waals surface area contributed by atoms with Crippen LogP contribution in [0.2, 0.25) is 5.02 Å². The molecule has 0 fully saturated rings. The Morgan fingerprint density at radius 3 is 2.44 bits per heavy atom. The Morgan fingerprint density at radius 2 is 1.70 bits per heavy atom. The lowest BCUT2D eigenvalue weighted by Gasteiger charge is -2.25. The van der Waals surface area contributed by atoms with E-state index in [2.05, 4.69) is 5.32 Å². The van der Waals surface area contributed by atoms with Gasteiger partial charge in [0.15, 0.2) is 4.80 Å². The Balaban J connectivity index is 1.41. The molecule has 1 aliphatic heterocycles. The Hall–Kier alpha value is -4.79. The number of rotatable bonds is 7. The lowest BCUT2D eigenvalue weighted by molar-refractivity contribution is -0.113. The summed E-state index contributed by atoms with van der Waals surface area (Å²) >= 11 is 7.43. The number of nitrogens with zero attached hydrogens (tertiary/aromatic N) is 2. The van der Waals surface area contributed by atoms with Gasteiger partial charge in [0.2, 0.25) is 0 Å². The molecule has 4 aromatic carbocycles. The van der Waals surface area contributed by atoms with Crippen LogP contribution in [0.5, 0.6) is 5.75 Å². The van der Waals surface area contributed by atoms with Crippen molar-refractivity contribution in [3.05, 3.63) is 162 Å². The van der Waals surface area contributed by atoms with Crippen LogP contribution >= 0.6 is 22.9 Å². The highest BCUT2D eigenvalue weighted by atomic mass is 35.5. The highest BCUT2D eigenvalue weighted by Gasteiger charge is 2.32.